The normalized spacial score (nSPS) is 12.3. The summed E-state index contributed by atoms with van der Waals surface area (Å²) in [6.45, 7) is -2.51. The zero-order valence-corrected chi connectivity index (χ0v) is 10.3. The molecule has 0 unspecified atom stereocenters. The van der Waals surface area contributed by atoms with E-state index in [0.29, 0.717) is 12.1 Å². The van der Waals surface area contributed by atoms with Gasteiger partial charge in [-0.3, -0.25) is 4.79 Å². The topological polar surface area (TPSA) is 64.3 Å². The Bertz CT molecular complexity index is 512. The van der Waals surface area contributed by atoms with Gasteiger partial charge in [-0.25, -0.2) is 0 Å². The van der Waals surface area contributed by atoms with Crippen LogP contribution in [-0.2, 0) is 15.7 Å². The van der Waals surface area contributed by atoms with Crippen LogP contribution in [0.2, 0.25) is 0 Å². The lowest BCUT2D eigenvalue weighted by molar-refractivity contribution is -0.174. The summed E-state index contributed by atoms with van der Waals surface area (Å²) < 4.78 is 76.5. The Labute approximate surface area is 114 Å². The van der Waals surface area contributed by atoms with Crippen molar-refractivity contribution >= 4 is 17.3 Å². The number of carbonyl (C=O) groups excluding carboxylic acids is 1. The quantitative estimate of drug-likeness (QED) is 0.663. The number of nitrogen functional groups attached to an aromatic ring is 1. The molecule has 4 nitrogen and oxygen atoms in total. The molecule has 0 aliphatic heterocycles. The van der Waals surface area contributed by atoms with Crippen LogP contribution in [0.5, 0.6) is 0 Å². The zero-order chi connectivity index (χ0) is 16.3. The molecule has 1 amide bonds. The van der Waals surface area contributed by atoms with Crippen LogP contribution in [0, 0.1) is 0 Å². The third-order valence-electron chi connectivity index (χ3n) is 2.15. The Morgan fingerprint density at radius 1 is 1.19 bits per heavy atom. The predicted molar refractivity (Wildman–Crippen MR) is 61.4 cm³/mol. The Kier molecular flexibility index (Phi) is 5.05. The molecule has 0 saturated heterocycles. The fraction of sp³-hybridized carbons (Fsp3) is 0.364. The molecule has 0 fully saturated rings. The van der Waals surface area contributed by atoms with Crippen molar-refractivity contribution in [3.63, 3.8) is 0 Å². The highest BCUT2D eigenvalue weighted by atomic mass is 19.4. The molecule has 3 N–H and O–H groups in total. The Morgan fingerprint density at radius 2 is 1.81 bits per heavy atom. The van der Waals surface area contributed by atoms with Crippen LogP contribution < -0.4 is 11.1 Å². The van der Waals surface area contributed by atoms with Gasteiger partial charge in [-0.05, 0) is 18.2 Å². The number of hydrogen-bond acceptors (Lipinski definition) is 3. The van der Waals surface area contributed by atoms with E-state index in [9.17, 15) is 31.1 Å². The Hall–Kier alpha value is -1.97. The number of nitrogens with one attached hydrogen (secondary N) is 1. The van der Waals surface area contributed by atoms with Gasteiger partial charge in [-0.2, -0.15) is 26.3 Å². The number of alkyl halides is 6. The van der Waals surface area contributed by atoms with Crippen molar-refractivity contribution in [3.8, 4) is 0 Å². The van der Waals surface area contributed by atoms with E-state index in [2.05, 4.69) is 10.1 Å². The average Bonchev–Trinajstić information content (AvgIpc) is 2.28. The van der Waals surface area contributed by atoms with E-state index in [0.717, 1.165) is 6.07 Å². The maximum atomic E-state index is 12.4. The summed E-state index contributed by atoms with van der Waals surface area (Å²) in [5.41, 5.74) is 3.80. The predicted octanol–water partition coefficient (Wildman–Crippen LogP) is 2.81. The maximum Gasteiger partial charge on any atom is 0.416 e. The lowest BCUT2D eigenvalue weighted by Crippen LogP contribution is -2.24. The van der Waals surface area contributed by atoms with Gasteiger partial charge in [0.2, 0.25) is 5.91 Å². The minimum absolute atomic E-state index is 0.149. The highest BCUT2D eigenvalue weighted by Gasteiger charge is 2.31. The van der Waals surface area contributed by atoms with Crippen LogP contribution in [0.1, 0.15) is 5.56 Å². The summed E-state index contributed by atoms with van der Waals surface area (Å²) in [4.78, 5) is 11.3. The molecule has 0 saturated carbocycles. The number of nitrogens with two attached hydrogens (primary N) is 1. The van der Waals surface area contributed by atoms with Gasteiger partial charge in [0.25, 0.3) is 0 Å². The number of benzene rings is 1. The third kappa shape index (κ3) is 5.90. The monoisotopic (exact) mass is 316 g/mol. The average molecular weight is 316 g/mol. The molecule has 21 heavy (non-hydrogen) atoms. The van der Waals surface area contributed by atoms with Crippen molar-refractivity contribution in [2.24, 2.45) is 0 Å². The van der Waals surface area contributed by atoms with E-state index in [1.54, 1.807) is 0 Å². The maximum absolute atomic E-state index is 12.4. The lowest BCUT2D eigenvalue weighted by Gasteiger charge is -2.12. The SMILES string of the molecule is Nc1cc(C(F)(F)F)ccc1NC(=O)COCC(F)(F)F. The van der Waals surface area contributed by atoms with Crippen molar-refractivity contribution in [1.82, 2.24) is 0 Å². The van der Waals surface area contributed by atoms with E-state index >= 15 is 0 Å². The second-order valence-electron chi connectivity index (χ2n) is 3.96. The first-order valence-electron chi connectivity index (χ1n) is 5.40. The van der Waals surface area contributed by atoms with Crippen LogP contribution in [-0.4, -0.2) is 25.3 Å². The Balaban J connectivity index is 2.61. The first kappa shape index (κ1) is 17.1. The molecule has 0 radical (unpaired) electrons. The molecule has 1 rings (SSSR count). The van der Waals surface area contributed by atoms with Crippen molar-refractivity contribution in [2.45, 2.75) is 12.4 Å². The molecule has 10 heteroatoms. The van der Waals surface area contributed by atoms with E-state index in [1.807, 2.05) is 0 Å². The van der Waals surface area contributed by atoms with Crippen LogP contribution in [0.15, 0.2) is 18.2 Å². The molecule has 0 bridgehead atoms. The number of anilines is 2. The van der Waals surface area contributed by atoms with Crippen LogP contribution in [0.25, 0.3) is 0 Å². The largest absolute Gasteiger partial charge is 0.416 e. The summed E-state index contributed by atoms with van der Waals surface area (Å²) in [6, 6.07) is 2.19. The van der Waals surface area contributed by atoms with Crippen LogP contribution in [0.3, 0.4) is 0 Å². The van der Waals surface area contributed by atoms with Gasteiger partial charge in [0.15, 0.2) is 0 Å². The van der Waals surface area contributed by atoms with E-state index in [4.69, 9.17) is 5.73 Å². The molecule has 0 aliphatic carbocycles. The lowest BCUT2D eigenvalue weighted by atomic mass is 10.1. The fourth-order valence-corrected chi connectivity index (χ4v) is 1.30. The van der Waals surface area contributed by atoms with Gasteiger partial charge in [-0.15, -0.1) is 0 Å². The first-order valence-corrected chi connectivity index (χ1v) is 5.40. The van der Waals surface area contributed by atoms with Gasteiger partial charge >= 0.3 is 12.4 Å². The smallest absolute Gasteiger partial charge is 0.397 e. The summed E-state index contributed by atoms with van der Waals surface area (Å²) in [7, 11) is 0. The van der Waals surface area contributed by atoms with Crippen molar-refractivity contribution in [2.75, 3.05) is 24.3 Å². The second kappa shape index (κ2) is 6.20. The molecule has 118 valence electrons. The second-order valence-corrected chi connectivity index (χ2v) is 3.96. The summed E-state index contributed by atoms with van der Waals surface area (Å²) in [5.74, 6) is -0.967. The number of ether oxygens (including phenoxy) is 1. The Morgan fingerprint density at radius 3 is 2.29 bits per heavy atom. The molecule has 0 aromatic heterocycles. The fourth-order valence-electron chi connectivity index (χ4n) is 1.30. The van der Waals surface area contributed by atoms with Gasteiger partial charge < -0.3 is 15.8 Å². The number of carbonyl (C=O) groups is 1. The summed E-state index contributed by atoms with van der Waals surface area (Å²) in [5, 5.41) is 2.05. The number of rotatable bonds is 4. The molecule has 1 aromatic carbocycles. The minimum atomic E-state index is -4.59. The third-order valence-corrected chi connectivity index (χ3v) is 2.15. The van der Waals surface area contributed by atoms with Gasteiger partial charge in [-0.1, -0.05) is 0 Å². The molecular weight excluding hydrogens is 306 g/mol. The minimum Gasteiger partial charge on any atom is -0.397 e. The molecular formula is C11H10F6N2O2. The van der Waals surface area contributed by atoms with Crippen molar-refractivity contribution < 1.29 is 35.9 Å². The summed E-state index contributed by atoms with van der Waals surface area (Å²) in [6.07, 6.45) is -9.17. The number of halogens is 6. The van der Waals surface area contributed by atoms with Gasteiger partial charge in [0.05, 0.1) is 16.9 Å². The molecule has 0 heterocycles. The van der Waals surface area contributed by atoms with Gasteiger partial charge in [0, 0.05) is 0 Å². The molecule has 0 aliphatic rings. The van der Waals surface area contributed by atoms with Crippen LogP contribution >= 0.6 is 0 Å². The van der Waals surface area contributed by atoms with Crippen molar-refractivity contribution in [3.05, 3.63) is 23.8 Å². The number of amides is 1. The molecule has 0 spiro atoms. The summed E-state index contributed by atoms with van der Waals surface area (Å²) >= 11 is 0. The first-order chi connectivity index (χ1) is 9.49. The van der Waals surface area contributed by atoms with E-state index in [1.165, 1.54) is 0 Å². The molecule has 1 aromatic rings. The number of hydrogen-bond donors (Lipinski definition) is 2. The molecule has 0 atom stereocenters. The zero-order valence-electron chi connectivity index (χ0n) is 10.3. The highest BCUT2D eigenvalue weighted by Crippen LogP contribution is 2.32. The van der Waals surface area contributed by atoms with E-state index in [-0.39, 0.29) is 11.4 Å². The highest BCUT2D eigenvalue weighted by molar-refractivity contribution is 5.94. The van der Waals surface area contributed by atoms with Gasteiger partial charge in [0.1, 0.15) is 13.2 Å². The van der Waals surface area contributed by atoms with Crippen LogP contribution in [0.4, 0.5) is 37.7 Å². The van der Waals surface area contributed by atoms with Crippen molar-refractivity contribution in [1.29, 1.82) is 0 Å². The van der Waals surface area contributed by atoms with E-state index < -0.39 is 37.0 Å². The standard InChI is InChI=1S/C11H10F6N2O2/c12-10(13,14)5-21-4-9(20)19-8-2-1-6(3-7(8)18)11(15,16)17/h1-3H,4-5,18H2,(H,19,20).